The van der Waals surface area contributed by atoms with Crippen molar-refractivity contribution >= 4 is 60.8 Å². The van der Waals surface area contributed by atoms with Crippen molar-refractivity contribution in [2.75, 3.05) is 9.80 Å². The van der Waals surface area contributed by atoms with E-state index in [9.17, 15) is 0 Å². The standard InChI is InChI=1S/C44H37N4O2.Pt/c1-43(2,3)28-20-21-45-42(22-28)48-38-24-31(18-19-32(38)34-25-35-33-14-7-10-17-40(33)50-41(35)26-39(34)48)49-30-13-11-12-29(23-30)46-27-47(44(4,5)6)37-16-9-8-15-36(37)46;/h7-22,25-27H,1-6H3;/q-3;. The third kappa shape index (κ3) is 5.57. The number of benzene rings is 5. The van der Waals surface area contributed by atoms with Crippen molar-refractivity contribution in [3.8, 4) is 17.3 Å². The number of rotatable bonds is 4. The number of furan rings is 1. The SMILES string of the molecule is CC(C)(C)c1ccnc(-n2c3[c-]c(Oc4[c-]c(N5[CH-]N(C(C)(C)C)c6ccccc65)ccc4)ccc3c3cc4c(cc32)oc2ccccc24)c1.[Pt]. The van der Waals surface area contributed by atoms with Gasteiger partial charge in [-0.1, -0.05) is 62.7 Å². The Kier molecular flexibility index (Phi) is 7.81. The molecule has 0 unspecified atom stereocenters. The van der Waals surface area contributed by atoms with Gasteiger partial charge in [-0.15, -0.1) is 41.4 Å². The normalized spacial score (nSPS) is 13.4. The number of ether oxygens (including phenoxy) is 1. The van der Waals surface area contributed by atoms with Crippen molar-refractivity contribution in [2.24, 2.45) is 0 Å². The molecule has 0 spiro atoms. The van der Waals surface area contributed by atoms with E-state index in [1.807, 2.05) is 36.5 Å². The first kappa shape index (κ1) is 33.1. The smallest absolute Gasteiger partial charge is 0.137 e. The second kappa shape index (κ2) is 12.0. The van der Waals surface area contributed by atoms with Gasteiger partial charge in [-0.3, -0.25) is 0 Å². The van der Waals surface area contributed by atoms with Gasteiger partial charge in [0.25, 0.3) is 0 Å². The van der Waals surface area contributed by atoms with Crippen molar-refractivity contribution in [2.45, 2.75) is 52.5 Å². The predicted molar refractivity (Wildman–Crippen MR) is 204 cm³/mol. The summed E-state index contributed by atoms with van der Waals surface area (Å²) in [5.74, 6) is 2.03. The van der Waals surface area contributed by atoms with E-state index in [0.717, 1.165) is 66.6 Å². The first-order chi connectivity index (χ1) is 24.0. The largest absolute Gasteiger partial charge is 0.509 e. The van der Waals surface area contributed by atoms with Crippen LogP contribution in [0, 0.1) is 18.8 Å². The predicted octanol–water partition coefficient (Wildman–Crippen LogP) is 11.6. The van der Waals surface area contributed by atoms with Crippen LogP contribution in [0.4, 0.5) is 17.1 Å². The van der Waals surface area contributed by atoms with Crippen molar-refractivity contribution in [1.82, 2.24) is 9.55 Å². The minimum atomic E-state index is -0.0846. The van der Waals surface area contributed by atoms with Gasteiger partial charge < -0.3 is 23.5 Å². The molecule has 3 aromatic heterocycles. The van der Waals surface area contributed by atoms with E-state index >= 15 is 0 Å². The molecule has 1 aliphatic rings. The molecule has 1 aliphatic heterocycles. The van der Waals surface area contributed by atoms with Crippen molar-refractivity contribution in [3.05, 3.63) is 134 Å². The third-order valence-electron chi connectivity index (χ3n) is 9.58. The number of hydrogen-bond acceptors (Lipinski definition) is 5. The summed E-state index contributed by atoms with van der Waals surface area (Å²) < 4.78 is 15.1. The Morgan fingerprint density at radius 3 is 2.25 bits per heavy atom. The summed E-state index contributed by atoms with van der Waals surface area (Å²) in [4.78, 5) is 9.35. The fourth-order valence-electron chi connectivity index (χ4n) is 7.04. The average Bonchev–Trinajstić information content (AvgIpc) is 3.76. The van der Waals surface area contributed by atoms with E-state index in [1.165, 1.54) is 5.56 Å². The van der Waals surface area contributed by atoms with Crippen LogP contribution in [0.3, 0.4) is 0 Å². The third-order valence-corrected chi connectivity index (χ3v) is 9.58. The summed E-state index contributed by atoms with van der Waals surface area (Å²) in [5, 5.41) is 4.34. The monoisotopic (exact) mass is 848 g/mol. The van der Waals surface area contributed by atoms with Crippen LogP contribution in [0.5, 0.6) is 11.5 Å². The van der Waals surface area contributed by atoms with Gasteiger partial charge in [-0.25, -0.2) is 4.98 Å². The van der Waals surface area contributed by atoms with Crippen molar-refractivity contribution in [3.63, 3.8) is 0 Å². The van der Waals surface area contributed by atoms with Crippen LogP contribution in [-0.4, -0.2) is 15.1 Å². The summed E-state index contributed by atoms with van der Waals surface area (Å²) >= 11 is 0. The van der Waals surface area contributed by atoms with Crippen molar-refractivity contribution < 1.29 is 30.2 Å². The summed E-state index contributed by atoms with van der Waals surface area (Å²) in [5.41, 5.74) is 7.83. The van der Waals surface area contributed by atoms with Gasteiger partial charge in [0.1, 0.15) is 17.0 Å². The van der Waals surface area contributed by atoms with E-state index in [2.05, 4.69) is 148 Å². The fourth-order valence-corrected chi connectivity index (χ4v) is 7.04. The molecule has 8 aromatic rings. The first-order valence-electron chi connectivity index (χ1n) is 17.0. The molecule has 4 heterocycles. The Hall–Kier alpha value is -5.06. The van der Waals surface area contributed by atoms with Gasteiger partial charge in [-0.05, 0) is 67.5 Å². The van der Waals surface area contributed by atoms with E-state index in [-0.39, 0.29) is 32.0 Å². The number of aromatic nitrogens is 2. The van der Waals surface area contributed by atoms with Crippen molar-refractivity contribution in [1.29, 1.82) is 0 Å². The minimum absolute atomic E-state index is 0. The summed E-state index contributed by atoms with van der Waals surface area (Å²) in [7, 11) is 0. The number of nitrogens with zero attached hydrogens (tertiary/aromatic N) is 4. The van der Waals surface area contributed by atoms with Crippen LogP contribution in [0.2, 0.25) is 0 Å². The molecule has 0 radical (unpaired) electrons. The molecule has 0 saturated heterocycles. The van der Waals surface area contributed by atoms with E-state index < -0.39 is 0 Å². The van der Waals surface area contributed by atoms with Gasteiger partial charge >= 0.3 is 0 Å². The van der Waals surface area contributed by atoms with E-state index in [0.29, 0.717) is 11.5 Å². The Morgan fingerprint density at radius 1 is 0.686 bits per heavy atom. The van der Waals surface area contributed by atoms with Crippen LogP contribution in [-0.2, 0) is 26.5 Å². The maximum Gasteiger partial charge on any atom is 0.137 e. The number of para-hydroxylation sites is 3. The van der Waals surface area contributed by atoms with Crippen LogP contribution in [0.1, 0.15) is 47.1 Å². The zero-order chi connectivity index (χ0) is 34.4. The summed E-state index contributed by atoms with van der Waals surface area (Å²) in [6.07, 6.45) is 1.89. The average molecular weight is 849 g/mol. The van der Waals surface area contributed by atoms with Gasteiger partial charge in [0.2, 0.25) is 0 Å². The number of anilines is 3. The zero-order valence-corrected chi connectivity index (χ0v) is 31.7. The molecule has 0 aliphatic carbocycles. The molecule has 9 rings (SSSR count). The van der Waals surface area contributed by atoms with Crippen LogP contribution >= 0.6 is 0 Å². The van der Waals surface area contributed by atoms with Gasteiger partial charge in [-0.2, -0.15) is 18.8 Å². The van der Waals surface area contributed by atoms with Gasteiger partial charge in [0.15, 0.2) is 0 Å². The van der Waals surface area contributed by atoms with Gasteiger partial charge in [0.05, 0.1) is 0 Å². The quantitative estimate of drug-likeness (QED) is 0.165. The number of fused-ring (bicyclic) bond motifs is 7. The molecule has 5 aromatic carbocycles. The topological polar surface area (TPSA) is 46.7 Å². The van der Waals surface area contributed by atoms with Crippen LogP contribution in [0.15, 0.2) is 114 Å². The van der Waals surface area contributed by atoms with Gasteiger partial charge in [0, 0.05) is 78.0 Å². The Balaban J connectivity index is 0.00000374. The number of hydrogen-bond donors (Lipinski definition) is 0. The molecule has 0 bridgehead atoms. The molecule has 0 saturated carbocycles. The Bertz CT molecular complexity index is 2610. The molecule has 0 fully saturated rings. The van der Waals surface area contributed by atoms with E-state index in [1.54, 1.807) is 0 Å². The molecule has 0 amide bonds. The number of pyridine rings is 1. The molecular formula is C44H37N4O2Pt-3. The Morgan fingerprint density at radius 2 is 1.45 bits per heavy atom. The molecule has 51 heavy (non-hydrogen) atoms. The maximum absolute atomic E-state index is 6.54. The fraction of sp³-hybridized carbons (Fsp3) is 0.182. The molecule has 6 nitrogen and oxygen atoms in total. The van der Waals surface area contributed by atoms with Crippen LogP contribution in [0.25, 0.3) is 49.6 Å². The second-order valence-electron chi connectivity index (χ2n) is 15.1. The molecular weight excluding hydrogens is 812 g/mol. The Labute approximate surface area is 312 Å². The second-order valence-corrected chi connectivity index (χ2v) is 15.1. The molecule has 7 heteroatoms. The minimum Gasteiger partial charge on any atom is -0.509 e. The summed E-state index contributed by atoms with van der Waals surface area (Å²) in [6.45, 7) is 15.5. The van der Waals surface area contributed by atoms with E-state index in [4.69, 9.17) is 14.1 Å². The van der Waals surface area contributed by atoms with Crippen LogP contribution < -0.4 is 14.5 Å². The molecule has 0 N–H and O–H groups in total. The maximum atomic E-state index is 6.54. The summed E-state index contributed by atoms with van der Waals surface area (Å²) in [6, 6.07) is 42.5. The molecule has 0 atom stereocenters. The zero-order valence-electron chi connectivity index (χ0n) is 29.4. The first-order valence-corrected chi connectivity index (χ1v) is 17.0. The molecule has 258 valence electrons.